The molecule has 32 heavy (non-hydrogen) atoms. The van der Waals surface area contributed by atoms with Crippen molar-refractivity contribution in [2.75, 3.05) is 33.2 Å². The van der Waals surface area contributed by atoms with Crippen LogP contribution in [0, 0.1) is 5.82 Å². The van der Waals surface area contributed by atoms with Crippen molar-refractivity contribution in [3.8, 4) is 0 Å². The summed E-state index contributed by atoms with van der Waals surface area (Å²) in [7, 11) is 2.14. The molecule has 0 spiro atoms. The second-order valence-corrected chi connectivity index (χ2v) is 8.77. The zero-order valence-electron chi connectivity index (χ0n) is 17.3. The topological polar surface area (TPSA) is 81.1 Å². The van der Waals surface area contributed by atoms with Crippen LogP contribution in [0.4, 0.5) is 4.39 Å². The zero-order chi connectivity index (χ0) is 23.3. The first-order valence-corrected chi connectivity index (χ1v) is 11.0. The molecule has 0 unspecified atom stereocenters. The molecular weight excluding hydrogens is 455 g/mol. The highest BCUT2D eigenvalue weighted by atomic mass is 35.5. The summed E-state index contributed by atoms with van der Waals surface area (Å²) in [5.41, 5.74) is 3.15. The van der Waals surface area contributed by atoms with E-state index in [9.17, 15) is 14.0 Å². The van der Waals surface area contributed by atoms with Gasteiger partial charge >= 0.3 is 11.9 Å². The fourth-order valence-corrected chi connectivity index (χ4v) is 4.51. The molecule has 168 valence electrons. The Balaban J connectivity index is 0.000000312. The fraction of sp³-hybridized carbons (Fsp3) is 0.217. The van der Waals surface area contributed by atoms with Gasteiger partial charge < -0.3 is 20.0 Å². The predicted molar refractivity (Wildman–Crippen MR) is 123 cm³/mol. The lowest BCUT2D eigenvalue weighted by Gasteiger charge is -2.36. The standard InChI is InChI=1S/C19H18ClFN2S.C4H4O4/c1-22-6-8-23(9-7-22)17-11-13-10-14(20)2-4-18(13)24-19-5-3-15(21)12-16(17)19;5-3(6)1-2-4(7)8/h2-5,10-12H,6-9H2,1H3;1-2H,(H,5,6)(H,7,8)/b;2-1+. The number of hydrogen-bond donors (Lipinski definition) is 2. The fourth-order valence-electron chi connectivity index (χ4n) is 3.31. The number of halogens is 2. The maximum absolute atomic E-state index is 13.9. The maximum atomic E-state index is 13.9. The van der Waals surface area contributed by atoms with Crippen molar-refractivity contribution in [3.63, 3.8) is 0 Å². The van der Waals surface area contributed by atoms with Crippen LogP contribution in [0.3, 0.4) is 0 Å². The number of carbonyl (C=O) groups is 2. The predicted octanol–water partition coefficient (Wildman–Crippen LogP) is 4.40. The number of hydrogen-bond acceptors (Lipinski definition) is 5. The molecule has 0 radical (unpaired) electrons. The summed E-state index contributed by atoms with van der Waals surface area (Å²) in [4.78, 5) is 26.0. The van der Waals surface area contributed by atoms with Gasteiger partial charge in [0.15, 0.2) is 0 Å². The van der Waals surface area contributed by atoms with Gasteiger partial charge in [-0.2, -0.15) is 0 Å². The van der Waals surface area contributed by atoms with E-state index in [1.807, 2.05) is 24.3 Å². The molecule has 6 nitrogen and oxygen atoms in total. The number of carboxylic acids is 2. The number of rotatable bonds is 3. The average Bonchev–Trinajstić information content (AvgIpc) is 2.90. The molecule has 0 saturated carbocycles. The Morgan fingerprint density at radius 2 is 1.62 bits per heavy atom. The van der Waals surface area contributed by atoms with Crippen molar-refractivity contribution in [3.05, 3.63) is 70.5 Å². The first-order chi connectivity index (χ1) is 15.2. The van der Waals surface area contributed by atoms with Gasteiger partial charge in [0.25, 0.3) is 0 Å². The second kappa shape index (κ2) is 10.7. The van der Waals surface area contributed by atoms with Crippen molar-refractivity contribution >= 4 is 47.1 Å². The van der Waals surface area contributed by atoms with Crippen LogP contribution in [-0.2, 0) is 9.59 Å². The molecule has 1 saturated heterocycles. The molecular formula is C23H22ClFN2O4S. The van der Waals surface area contributed by atoms with Gasteiger partial charge in [-0.05, 0) is 55.1 Å². The Bertz CT molecular complexity index is 1070. The summed E-state index contributed by atoms with van der Waals surface area (Å²) in [5, 5.41) is 16.3. The third-order valence-electron chi connectivity index (χ3n) is 4.91. The van der Waals surface area contributed by atoms with Crippen molar-refractivity contribution in [2.24, 2.45) is 0 Å². The molecule has 2 aliphatic rings. The summed E-state index contributed by atoms with van der Waals surface area (Å²) < 4.78 is 13.9. The number of nitrogens with zero attached hydrogens (tertiary/aromatic N) is 2. The van der Waals surface area contributed by atoms with E-state index in [0.717, 1.165) is 57.8 Å². The van der Waals surface area contributed by atoms with Gasteiger partial charge in [0.2, 0.25) is 0 Å². The number of benzene rings is 2. The van der Waals surface area contributed by atoms with Gasteiger partial charge in [0.1, 0.15) is 5.82 Å². The highest BCUT2D eigenvalue weighted by molar-refractivity contribution is 7.99. The van der Waals surface area contributed by atoms with Gasteiger partial charge in [-0.25, -0.2) is 14.0 Å². The summed E-state index contributed by atoms with van der Waals surface area (Å²) in [6.45, 7) is 3.91. The van der Waals surface area contributed by atoms with Crippen LogP contribution >= 0.6 is 23.4 Å². The van der Waals surface area contributed by atoms with Gasteiger partial charge in [0, 0.05) is 64.4 Å². The molecule has 2 aromatic carbocycles. The Kier molecular flexibility index (Phi) is 7.95. The molecule has 1 fully saturated rings. The van der Waals surface area contributed by atoms with Crippen LogP contribution in [-0.4, -0.2) is 65.2 Å². The normalized spacial score (nSPS) is 15.7. The summed E-state index contributed by atoms with van der Waals surface area (Å²) in [6.07, 6.45) is 3.27. The van der Waals surface area contributed by atoms with Crippen LogP contribution in [0.25, 0.3) is 11.8 Å². The van der Waals surface area contributed by atoms with Crippen molar-refractivity contribution < 1.29 is 24.2 Å². The van der Waals surface area contributed by atoms with Gasteiger partial charge in [-0.3, -0.25) is 0 Å². The van der Waals surface area contributed by atoms with Crippen LogP contribution in [0.1, 0.15) is 11.1 Å². The SMILES string of the molecule is CN1CCN(C2=Cc3cc(Cl)ccc3Sc3ccc(F)cc32)CC1.O=C(O)/C=C/C(=O)O. The lowest BCUT2D eigenvalue weighted by molar-refractivity contribution is -0.134. The molecule has 2 heterocycles. The van der Waals surface area contributed by atoms with Gasteiger partial charge in [-0.15, -0.1) is 0 Å². The van der Waals surface area contributed by atoms with Gasteiger partial charge in [0.05, 0.1) is 0 Å². The Hall–Kier alpha value is -2.81. The van der Waals surface area contributed by atoms with Crippen molar-refractivity contribution in [1.29, 1.82) is 0 Å². The molecule has 2 aliphatic heterocycles. The zero-order valence-corrected chi connectivity index (χ0v) is 18.9. The first kappa shape index (κ1) is 23.8. The van der Waals surface area contributed by atoms with Crippen molar-refractivity contribution in [2.45, 2.75) is 9.79 Å². The Morgan fingerprint density at radius 1 is 1.00 bits per heavy atom. The van der Waals surface area contributed by atoms with E-state index in [4.69, 9.17) is 21.8 Å². The number of likely N-dealkylation sites (N-methyl/N-ethyl adjacent to an activating group) is 1. The van der Waals surface area contributed by atoms with E-state index in [2.05, 4.69) is 22.9 Å². The molecule has 0 aliphatic carbocycles. The highest BCUT2D eigenvalue weighted by Gasteiger charge is 2.23. The molecule has 2 N–H and O–H groups in total. The summed E-state index contributed by atoms with van der Waals surface area (Å²) >= 11 is 7.87. The molecule has 9 heteroatoms. The average molecular weight is 477 g/mol. The molecule has 0 aromatic heterocycles. The van der Waals surface area contributed by atoms with Crippen LogP contribution in [0.5, 0.6) is 0 Å². The number of aliphatic carboxylic acids is 2. The third kappa shape index (κ3) is 6.35. The van der Waals surface area contributed by atoms with Crippen LogP contribution in [0.15, 0.2) is 58.3 Å². The minimum atomic E-state index is -1.26. The molecule has 0 atom stereocenters. The number of carboxylic acid groups (broad SMARTS) is 2. The molecule has 0 bridgehead atoms. The van der Waals surface area contributed by atoms with E-state index >= 15 is 0 Å². The quantitative estimate of drug-likeness (QED) is 0.635. The second-order valence-electron chi connectivity index (χ2n) is 7.25. The summed E-state index contributed by atoms with van der Waals surface area (Å²) in [6, 6.07) is 11.0. The Labute approximate surface area is 194 Å². The maximum Gasteiger partial charge on any atom is 0.328 e. The lowest BCUT2D eigenvalue weighted by atomic mass is 10.1. The van der Waals surface area contributed by atoms with E-state index in [0.29, 0.717) is 12.2 Å². The highest BCUT2D eigenvalue weighted by Crippen LogP contribution is 2.42. The van der Waals surface area contributed by atoms with E-state index in [1.165, 1.54) is 6.07 Å². The lowest BCUT2D eigenvalue weighted by Crippen LogP contribution is -2.43. The van der Waals surface area contributed by atoms with Gasteiger partial charge in [-0.1, -0.05) is 23.4 Å². The summed E-state index contributed by atoms with van der Waals surface area (Å²) in [5.74, 6) is -2.71. The van der Waals surface area contributed by atoms with Crippen LogP contribution < -0.4 is 0 Å². The number of fused-ring (bicyclic) bond motifs is 2. The third-order valence-corrected chi connectivity index (χ3v) is 6.32. The largest absolute Gasteiger partial charge is 0.478 e. The van der Waals surface area contributed by atoms with Crippen molar-refractivity contribution in [1.82, 2.24) is 9.80 Å². The smallest absolute Gasteiger partial charge is 0.328 e. The minimum Gasteiger partial charge on any atom is -0.478 e. The molecule has 0 amide bonds. The molecule has 4 rings (SSSR count). The molecule has 2 aromatic rings. The van der Waals surface area contributed by atoms with Crippen LogP contribution in [0.2, 0.25) is 5.02 Å². The van der Waals surface area contributed by atoms with E-state index in [1.54, 1.807) is 17.8 Å². The monoisotopic (exact) mass is 476 g/mol. The minimum absolute atomic E-state index is 0.196. The first-order valence-electron chi connectivity index (χ1n) is 9.79. The van der Waals surface area contributed by atoms with E-state index < -0.39 is 11.9 Å². The van der Waals surface area contributed by atoms with E-state index in [-0.39, 0.29) is 5.82 Å². The Morgan fingerprint density at radius 3 is 2.25 bits per heavy atom. The number of piperazine rings is 1.